The molecule has 0 aliphatic carbocycles. The number of ketones is 1. The Morgan fingerprint density at radius 2 is 1.88 bits per heavy atom. The van der Waals surface area contributed by atoms with Crippen LogP contribution in [0.15, 0.2) is 35.2 Å². The maximum absolute atomic E-state index is 12.2. The molecule has 1 unspecified atom stereocenters. The molecule has 6 heteroatoms. The van der Waals surface area contributed by atoms with Gasteiger partial charge < -0.3 is 0 Å². The van der Waals surface area contributed by atoms with E-state index in [2.05, 4.69) is 15.9 Å². The second kappa shape index (κ2) is 4.88. The number of alkyl halides is 1. The van der Waals surface area contributed by atoms with Crippen LogP contribution >= 0.6 is 15.9 Å². The highest BCUT2D eigenvalue weighted by molar-refractivity contribution is 9.10. The van der Waals surface area contributed by atoms with E-state index in [4.69, 9.17) is 0 Å². The predicted molar refractivity (Wildman–Crippen MR) is 67.5 cm³/mol. The van der Waals surface area contributed by atoms with Gasteiger partial charge in [-0.2, -0.15) is 4.31 Å². The van der Waals surface area contributed by atoms with Gasteiger partial charge in [0, 0.05) is 19.5 Å². The van der Waals surface area contributed by atoms with Gasteiger partial charge in [-0.15, -0.1) is 0 Å². The highest BCUT2D eigenvalue weighted by Gasteiger charge is 2.32. The average Bonchev–Trinajstić information content (AvgIpc) is 2.33. The number of carbonyl (C=O) groups is 1. The lowest BCUT2D eigenvalue weighted by molar-refractivity contribution is -0.119. The molecule has 1 aromatic rings. The highest BCUT2D eigenvalue weighted by atomic mass is 79.9. The van der Waals surface area contributed by atoms with E-state index in [1.807, 2.05) is 0 Å². The van der Waals surface area contributed by atoms with Gasteiger partial charge in [-0.05, 0) is 12.1 Å². The van der Waals surface area contributed by atoms with E-state index in [0.29, 0.717) is 0 Å². The zero-order valence-corrected chi connectivity index (χ0v) is 11.4. The molecule has 1 fully saturated rings. The van der Waals surface area contributed by atoms with Crippen molar-refractivity contribution in [1.82, 2.24) is 4.31 Å². The zero-order chi connectivity index (χ0) is 12.5. The molecule has 1 aliphatic rings. The van der Waals surface area contributed by atoms with Crippen molar-refractivity contribution in [2.24, 2.45) is 0 Å². The summed E-state index contributed by atoms with van der Waals surface area (Å²) in [7, 11) is -3.47. The van der Waals surface area contributed by atoms with Crippen molar-refractivity contribution in [3.8, 4) is 0 Å². The summed E-state index contributed by atoms with van der Waals surface area (Å²) in [5.41, 5.74) is 0. The minimum absolute atomic E-state index is 0.0597. The van der Waals surface area contributed by atoms with Crippen molar-refractivity contribution in [3.05, 3.63) is 30.3 Å². The van der Waals surface area contributed by atoms with Gasteiger partial charge in [-0.3, -0.25) is 4.79 Å². The van der Waals surface area contributed by atoms with Gasteiger partial charge in [0.05, 0.1) is 9.72 Å². The van der Waals surface area contributed by atoms with Crippen LogP contribution in [0.3, 0.4) is 0 Å². The quantitative estimate of drug-likeness (QED) is 0.775. The van der Waals surface area contributed by atoms with Crippen molar-refractivity contribution in [1.29, 1.82) is 0 Å². The van der Waals surface area contributed by atoms with Crippen LogP contribution in [-0.2, 0) is 14.8 Å². The molecule has 0 saturated carbocycles. The zero-order valence-electron chi connectivity index (χ0n) is 9.04. The largest absolute Gasteiger partial charge is 0.298 e. The van der Waals surface area contributed by atoms with Crippen molar-refractivity contribution >= 4 is 31.7 Å². The normalized spacial score (nSPS) is 22.6. The minimum Gasteiger partial charge on any atom is -0.298 e. The summed E-state index contributed by atoms with van der Waals surface area (Å²) in [4.78, 5) is 11.2. The number of carbonyl (C=O) groups excluding carboxylic acids is 1. The van der Waals surface area contributed by atoms with Gasteiger partial charge in [0.15, 0.2) is 0 Å². The summed E-state index contributed by atoms with van der Waals surface area (Å²) in [5.74, 6) is 0.0597. The van der Waals surface area contributed by atoms with Crippen LogP contribution in [0, 0.1) is 0 Å². The van der Waals surface area contributed by atoms with E-state index in [-0.39, 0.29) is 30.2 Å². The number of hydrogen-bond donors (Lipinski definition) is 0. The first-order valence-corrected chi connectivity index (χ1v) is 7.59. The Hall–Kier alpha value is -0.720. The Balaban J connectivity index is 2.26. The fourth-order valence-electron chi connectivity index (χ4n) is 1.72. The number of sulfonamides is 1. The van der Waals surface area contributed by atoms with E-state index in [1.54, 1.807) is 30.3 Å². The molecule has 1 atom stereocenters. The molecular weight excluding hydrogens is 306 g/mol. The van der Waals surface area contributed by atoms with Crippen molar-refractivity contribution < 1.29 is 13.2 Å². The van der Waals surface area contributed by atoms with Gasteiger partial charge in [0.2, 0.25) is 10.0 Å². The van der Waals surface area contributed by atoms with Gasteiger partial charge >= 0.3 is 0 Å². The summed E-state index contributed by atoms with van der Waals surface area (Å²) < 4.78 is 25.8. The molecule has 1 aromatic carbocycles. The topological polar surface area (TPSA) is 54.5 Å². The molecule has 1 saturated heterocycles. The summed E-state index contributed by atoms with van der Waals surface area (Å²) in [5, 5.41) is 0. The Morgan fingerprint density at radius 3 is 2.47 bits per heavy atom. The smallest absolute Gasteiger partial charge is 0.243 e. The van der Waals surface area contributed by atoms with Gasteiger partial charge in [0.1, 0.15) is 5.78 Å². The predicted octanol–water partition coefficient (Wildman–Crippen LogP) is 1.41. The third-order valence-electron chi connectivity index (χ3n) is 2.70. The Morgan fingerprint density at radius 1 is 1.24 bits per heavy atom. The third-order valence-corrected chi connectivity index (χ3v) is 5.38. The molecule has 17 heavy (non-hydrogen) atoms. The summed E-state index contributed by atoms with van der Waals surface area (Å²) in [6, 6.07) is 8.28. The molecule has 92 valence electrons. The molecule has 0 spiro atoms. The summed E-state index contributed by atoms with van der Waals surface area (Å²) in [6.07, 6.45) is 0.266. The summed E-state index contributed by atoms with van der Waals surface area (Å²) in [6.45, 7) is 0.466. The van der Waals surface area contributed by atoms with Crippen molar-refractivity contribution in [2.75, 3.05) is 13.1 Å². The Kier molecular flexibility index (Phi) is 3.65. The molecule has 2 rings (SSSR count). The minimum atomic E-state index is -3.47. The number of halogens is 1. The lowest BCUT2D eigenvalue weighted by Gasteiger charge is -2.28. The summed E-state index contributed by atoms with van der Waals surface area (Å²) >= 11 is 3.20. The molecule has 0 N–H and O–H groups in total. The molecule has 0 radical (unpaired) electrons. The lowest BCUT2D eigenvalue weighted by Crippen LogP contribution is -2.44. The Labute approximate surface area is 109 Å². The van der Waals surface area contributed by atoms with Crippen LogP contribution in [0.2, 0.25) is 0 Å². The van der Waals surface area contributed by atoms with E-state index in [9.17, 15) is 13.2 Å². The Bertz CT molecular complexity index is 515. The molecule has 0 bridgehead atoms. The number of hydrogen-bond acceptors (Lipinski definition) is 3. The van der Waals surface area contributed by atoms with Crippen LogP contribution in [0.1, 0.15) is 6.42 Å². The number of Topliss-reactive ketones (excluding diaryl/α,β-unsaturated/α-hetero) is 1. The standard InChI is InChI=1S/C11H12BrNO3S/c12-10-8-13(7-6-11(10)14)17(15,16)9-4-2-1-3-5-9/h1-5,10H,6-8H2. The SMILES string of the molecule is O=C1CCN(S(=O)(=O)c2ccccc2)CC1Br. The fraction of sp³-hybridized carbons (Fsp3) is 0.364. The fourth-order valence-corrected chi connectivity index (χ4v) is 3.97. The number of nitrogens with zero attached hydrogens (tertiary/aromatic N) is 1. The maximum atomic E-state index is 12.2. The van der Waals surface area contributed by atoms with Crippen molar-refractivity contribution in [3.63, 3.8) is 0 Å². The lowest BCUT2D eigenvalue weighted by atomic mass is 10.1. The molecule has 1 aliphatic heterocycles. The first-order chi connectivity index (χ1) is 8.01. The molecule has 1 heterocycles. The van der Waals surface area contributed by atoms with Gasteiger partial charge in [-0.1, -0.05) is 34.1 Å². The van der Waals surface area contributed by atoms with Crippen LogP contribution in [0.5, 0.6) is 0 Å². The van der Waals surface area contributed by atoms with E-state index in [0.717, 1.165) is 0 Å². The second-order valence-corrected chi connectivity index (χ2v) is 6.90. The number of benzene rings is 1. The first-order valence-electron chi connectivity index (χ1n) is 5.24. The maximum Gasteiger partial charge on any atom is 0.243 e. The van der Waals surface area contributed by atoms with Crippen LogP contribution in [0.25, 0.3) is 0 Å². The molecule has 4 nitrogen and oxygen atoms in total. The van der Waals surface area contributed by atoms with E-state index < -0.39 is 14.9 Å². The average molecular weight is 318 g/mol. The van der Waals surface area contributed by atoms with Gasteiger partial charge in [-0.25, -0.2) is 8.42 Å². The number of piperidine rings is 1. The first kappa shape index (κ1) is 12.7. The monoisotopic (exact) mass is 317 g/mol. The van der Waals surface area contributed by atoms with Crippen LogP contribution < -0.4 is 0 Å². The second-order valence-electron chi connectivity index (χ2n) is 3.86. The van der Waals surface area contributed by atoms with E-state index >= 15 is 0 Å². The highest BCUT2D eigenvalue weighted by Crippen LogP contribution is 2.21. The van der Waals surface area contributed by atoms with Crippen LogP contribution in [0.4, 0.5) is 0 Å². The van der Waals surface area contributed by atoms with Crippen LogP contribution in [-0.4, -0.2) is 36.4 Å². The van der Waals surface area contributed by atoms with Crippen molar-refractivity contribution in [2.45, 2.75) is 16.1 Å². The molecule has 0 amide bonds. The molecular formula is C11H12BrNO3S. The van der Waals surface area contributed by atoms with Gasteiger partial charge in [0.25, 0.3) is 0 Å². The van der Waals surface area contributed by atoms with E-state index in [1.165, 1.54) is 4.31 Å². The third kappa shape index (κ3) is 2.59. The molecule has 0 aromatic heterocycles. The number of rotatable bonds is 2.